The number of halogens is 1. The highest BCUT2D eigenvalue weighted by Crippen LogP contribution is 2.35. The largest absolute Gasteiger partial charge is 0.322 e. The van der Waals surface area contributed by atoms with E-state index >= 15 is 0 Å². The third-order valence-corrected chi connectivity index (χ3v) is 5.22. The fourth-order valence-electron chi connectivity index (χ4n) is 3.87. The molecule has 25 heavy (non-hydrogen) atoms. The lowest BCUT2D eigenvalue weighted by molar-refractivity contribution is -0.136. The van der Waals surface area contributed by atoms with Gasteiger partial charge in [-0.2, -0.15) is 0 Å². The van der Waals surface area contributed by atoms with Crippen LogP contribution in [0.15, 0.2) is 12.1 Å². The van der Waals surface area contributed by atoms with E-state index in [1.165, 1.54) is 11.0 Å². The molecule has 0 bridgehead atoms. The summed E-state index contributed by atoms with van der Waals surface area (Å²) in [5, 5.41) is 2.27. The molecule has 1 N–H and O–H groups in total. The Hall–Kier alpha value is -2.24. The lowest BCUT2D eigenvalue weighted by atomic mass is 9.79. The summed E-state index contributed by atoms with van der Waals surface area (Å²) in [5.41, 5.74) is 1.35. The summed E-state index contributed by atoms with van der Waals surface area (Å²) >= 11 is 0. The summed E-state index contributed by atoms with van der Waals surface area (Å²) < 4.78 is 14.6. The number of rotatable bonds is 4. The van der Waals surface area contributed by atoms with Crippen LogP contribution in [0.25, 0.3) is 0 Å². The molecule has 0 unspecified atom stereocenters. The number of piperidine rings is 1. The van der Waals surface area contributed by atoms with E-state index in [4.69, 9.17) is 0 Å². The average Bonchev–Trinajstić information content (AvgIpc) is 2.83. The predicted molar refractivity (Wildman–Crippen MR) is 90.4 cm³/mol. The van der Waals surface area contributed by atoms with Crippen LogP contribution in [-0.2, 0) is 21.5 Å². The number of carbonyl (C=O) groups excluding carboxylic acids is 3. The van der Waals surface area contributed by atoms with Crippen LogP contribution in [0.1, 0.15) is 67.9 Å². The van der Waals surface area contributed by atoms with Gasteiger partial charge in [0, 0.05) is 18.5 Å². The normalized spacial score (nSPS) is 20.7. The molecule has 1 aromatic carbocycles. The van der Waals surface area contributed by atoms with Gasteiger partial charge in [0.15, 0.2) is 0 Å². The third-order valence-electron chi connectivity index (χ3n) is 5.22. The Bertz CT molecular complexity index is 757. The van der Waals surface area contributed by atoms with Crippen LogP contribution >= 0.6 is 0 Å². The molecule has 2 aliphatic rings. The molecule has 0 spiro atoms. The van der Waals surface area contributed by atoms with Crippen molar-refractivity contribution in [2.45, 2.75) is 64.5 Å². The number of nitrogens with one attached hydrogen (secondary N) is 1. The van der Waals surface area contributed by atoms with Gasteiger partial charge in [-0.25, -0.2) is 4.39 Å². The smallest absolute Gasteiger partial charge is 0.255 e. The van der Waals surface area contributed by atoms with Crippen LogP contribution < -0.4 is 5.32 Å². The number of imide groups is 1. The molecule has 1 fully saturated rings. The number of fused-ring (bicyclic) bond motifs is 1. The molecule has 2 aliphatic heterocycles. The quantitative estimate of drug-likeness (QED) is 0.853. The summed E-state index contributed by atoms with van der Waals surface area (Å²) in [6.07, 6.45) is 2.29. The van der Waals surface area contributed by atoms with Crippen molar-refractivity contribution in [1.29, 1.82) is 0 Å². The summed E-state index contributed by atoms with van der Waals surface area (Å²) in [4.78, 5) is 37.5. The molecule has 1 saturated heterocycles. The van der Waals surface area contributed by atoms with E-state index in [-0.39, 0.29) is 36.0 Å². The highest BCUT2D eigenvalue weighted by Gasteiger charge is 2.40. The van der Waals surface area contributed by atoms with Crippen molar-refractivity contribution >= 4 is 17.7 Å². The third kappa shape index (κ3) is 3.05. The fourth-order valence-corrected chi connectivity index (χ4v) is 3.87. The first kappa shape index (κ1) is 17.6. The second-order valence-corrected chi connectivity index (χ2v) is 7.52. The number of carbonyl (C=O) groups is 3. The van der Waals surface area contributed by atoms with Crippen molar-refractivity contribution in [3.63, 3.8) is 0 Å². The summed E-state index contributed by atoms with van der Waals surface area (Å²) in [5.74, 6) is -1.50. The Balaban J connectivity index is 1.91. The van der Waals surface area contributed by atoms with Gasteiger partial charge in [-0.3, -0.25) is 19.7 Å². The zero-order valence-corrected chi connectivity index (χ0v) is 14.8. The van der Waals surface area contributed by atoms with Crippen LogP contribution in [0.3, 0.4) is 0 Å². The molecular formula is C19H23FN2O3. The van der Waals surface area contributed by atoms with Crippen molar-refractivity contribution < 1.29 is 18.8 Å². The molecule has 134 valence electrons. The van der Waals surface area contributed by atoms with Gasteiger partial charge < -0.3 is 4.90 Å². The SMILES string of the molecule is CCCC(C)(C)c1cc2c(cc1F)C(=O)N([C@H]1CCC(=O)NC1=O)C2. The second-order valence-electron chi connectivity index (χ2n) is 7.52. The molecule has 2 heterocycles. The summed E-state index contributed by atoms with van der Waals surface area (Å²) in [7, 11) is 0. The summed E-state index contributed by atoms with van der Waals surface area (Å²) in [6.45, 7) is 6.32. The predicted octanol–water partition coefficient (Wildman–Crippen LogP) is 2.66. The number of benzene rings is 1. The molecule has 3 rings (SSSR count). The van der Waals surface area contributed by atoms with E-state index in [1.54, 1.807) is 6.07 Å². The maximum absolute atomic E-state index is 14.6. The number of nitrogens with zero attached hydrogens (tertiary/aromatic N) is 1. The lowest BCUT2D eigenvalue weighted by Crippen LogP contribution is -2.52. The molecule has 1 aromatic rings. The first-order valence-corrected chi connectivity index (χ1v) is 8.72. The molecule has 0 radical (unpaired) electrons. The van der Waals surface area contributed by atoms with Gasteiger partial charge in [0.2, 0.25) is 11.8 Å². The highest BCUT2D eigenvalue weighted by molar-refractivity contribution is 6.05. The van der Waals surface area contributed by atoms with Crippen molar-refractivity contribution in [2.24, 2.45) is 0 Å². The fraction of sp³-hybridized carbons (Fsp3) is 0.526. The first-order valence-electron chi connectivity index (χ1n) is 8.72. The van der Waals surface area contributed by atoms with Crippen LogP contribution in [-0.4, -0.2) is 28.7 Å². The number of amides is 3. The topological polar surface area (TPSA) is 66.5 Å². The Labute approximate surface area is 146 Å². The van der Waals surface area contributed by atoms with Crippen LogP contribution in [0, 0.1) is 5.82 Å². The van der Waals surface area contributed by atoms with Crippen LogP contribution in [0.4, 0.5) is 4.39 Å². The van der Waals surface area contributed by atoms with Gasteiger partial charge in [0.1, 0.15) is 11.9 Å². The van der Waals surface area contributed by atoms with Crippen molar-refractivity contribution in [3.8, 4) is 0 Å². The molecule has 3 amide bonds. The van der Waals surface area contributed by atoms with Gasteiger partial charge in [-0.15, -0.1) is 0 Å². The first-order chi connectivity index (χ1) is 11.7. The average molecular weight is 346 g/mol. The van der Waals surface area contributed by atoms with E-state index < -0.39 is 11.9 Å². The lowest BCUT2D eigenvalue weighted by Gasteiger charge is -2.29. The van der Waals surface area contributed by atoms with Crippen molar-refractivity contribution in [1.82, 2.24) is 10.2 Å². The van der Waals surface area contributed by atoms with E-state index in [2.05, 4.69) is 12.2 Å². The Morgan fingerprint density at radius 2 is 2.00 bits per heavy atom. The van der Waals surface area contributed by atoms with Crippen molar-refractivity contribution in [3.05, 3.63) is 34.6 Å². The van der Waals surface area contributed by atoms with Gasteiger partial charge >= 0.3 is 0 Å². The highest BCUT2D eigenvalue weighted by atomic mass is 19.1. The van der Waals surface area contributed by atoms with E-state index in [1.807, 2.05) is 13.8 Å². The van der Waals surface area contributed by atoms with Gasteiger partial charge in [0.25, 0.3) is 5.91 Å². The Morgan fingerprint density at radius 3 is 2.64 bits per heavy atom. The standard InChI is InChI=1S/C19H23FN2O3/c1-4-7-19(2,3)13-8-11-10-22(18(25)12(11)9-14(13)20)15-5-6-16(23)21-17(15)24/h8-9,15H,4-7,10H2,1-3H3,(H,21,23,24)/t15-/m0/s1. The Morgan fingerprint density at radius 1 is 1.28 bits per heavy atom. The minimum absolute atomic E-state index is 0.208. The number of hydrogen-bond acceptors (Lipinski definition) is 3. The molecule has 1 atom stereocenters. The van der Waals surface area contributed by atoms with E-state index in [0.717, 1.165) is 18.4 Å². The molecule has 0 saturated carbocycles. The molecule has 6 heteroatoms. The molecular weight excluding hydrogens is 323 g/mol. The minimum atomic E-state index is -0.673. The Kier molecular flexibility index (Phi) is 4.39. The maximum Gasteiger partial charge on any atom is 0.255 e. The van der Waals surface area contributed by atoms with Crippen LogP contribution in [0.5, 0.6) is 0 Å². The van der Waals surface area contributed by atoms with E-state index in [9.17, 15) is 18.8 Å². The number of hydrogen-bond donors (Lipinski definition) is 1. The monoisotopic (exact) mass is 346 g/mol. The molecule has 5 nitrogen and oxygen atoms in total. The van der Waals surface area contributed by atoms with Crippen molar-refractivity contribution in [2.75, 3.05) is 0 Å². The van der Waals surface area contributed by atoms with E-state index in [0.29, 0.717) is 17.5 Å². The summed E-state index contributed by atoms with van der Waals surface area (Å²) in [6, 6.07) is 2.40. The minimum Gasteiger partial charge on any atom is -0.322 e. The zero-order chi connectivity index (χ0) is 18.4. The molecule has 0 aromatic heterocycles. The maximum atomic E-state index is 14.6. The van der Waals surface area contributed by atoms with Gasteiger partial charge in [-0.1, -0.05) is 27.2 Å². The van der Waals surface area contributed by atoms with Gasteiger partial charge in [0.05, 0.1) is 0 Å². The second kappa shape index (κ2) is 6.24. The molecule has 0 aliphatic carbocycles. The van der Waals surface area contributed by atoms with Crippen LogP contribution in [0.2, 0.25) is 0 Å². The zero-order valence-electron chi connectivity index (χ0n) is 14.8. The van der Waals surface area contributed by atoms with Gasteiger partial charge in [-0.05, 0) is 41.5 Å².